The minimum Gasteiger partial charge on any atom is -0.494 e. The van der Waals surface area contributed by atoms with Crippen LogP contribution in [0.1, 0.15) is 47.2 Å². The molecular weight excluding hydrogens is 402 g/mol. The van der Waals surface area contributed by atoms with Gasteiger partial charge in [-0.05, 0) is 86.7 Å². The van der Waals surface area contributed by atoms with Crippen LogP contribution in [0.25, 0.3) is 6.08 Å². The molecular formula is C27H33NO4. The molecule has 0 amide bonds. The highest BCUT2D eigenvalue weighted by molar-refractivity contribution is 5.98. The molecule has 0 unspecified atom stereocenters. The Labute approximate surface area is 191 Å². The molecule has 2 aliphatic rings. The largest absolute Gasteiger partial charge is 0.494 e. The standard InChI is InChI=1S/C27H33NO4/c1-30-25-11-9-23(19-26(25)31-2)27(29)21-12-15-28(16-13-21)14-5-17-32-24-10-8-20-6-3-4-7-22(20)18-24/h3,6,8-11,18-19,21H,4-5,7,12-17H2,1-2H3. The minimum atomic E-state index is 0.0742. The quantitative estimate of drug-likeness (QED) is 0.409. The molecule has 1 heterocycles. The summed E-state index contributed by atoms with van der Waals surface area (Å²) in [5.41, 5.74) is 3.40. The van der Waals surface area contributed by atoms with Gasteiger partial charge in [-0.25, -0.2) is 0 Å². The molecule has 0 aromatic heterocycles. The number of nitrogens with zero attached hydrogens (tertiary/aromatic N) is 1. The number of Topliss-reactive ketones (excluding diaryl/α,β-unsaturated/α-hetero) is 1. The minimum absolute atomic E-state index is 0.0742. The second-order valence-electron chi connectivity index (χ2n) is 8.55. The van der Waals surface area contributed by atoms with Gasteiger partial charge in [-0.2, -0.15) is 0 Å². The Balaban J connectivity index is 1.20. The molecule has 1 aliphatic heterocycles. The van der Waals surface area contributed by atoms with Crippen molar-refractivity contribution >= 4 is 11.9 Å². The molecule has 5 nitrogen and oxygen atoms in total. The van der Waals surface area contributed by atoms with Crippen LogP contribution in [-0.4, -0.2) is 51.1 Å². The van der Waals surface area contributed by atoms with Crippen LogP contribution in [0.2, 0.25) is 0 Å². The molecule has 1 saturated heterocycles. The lowest BCUT2D eigenvalue weighted by molar-refractivity contribution is 0.0835. The molecule has 170 valence electrons. The first-order valence-electron chi connectivity index (χ1n) is 11.6. The van der Waals surface area contributed by atoms with Crippen molar-refractivity contribution in [1.29, 1.82) is 0 Å². The van der Waals surface area contributed by atoms with Crippen molar-refractivity contribution in [1.82, 2.24) is 4.90 Å². The molecule has 2 aromatic carbocycles. The van der Waals surface area contributed by atoms with Gasteiger partial charge in [-0.3, -0.25) is 4.79 Å². The maximum Gasteiger partial charge on any atom is 0.166 e. The van der Waals surface area contributed by atoms with E-state index in [2.05, 4.69) is 35.3 Å². The summed E-state index contributed by atoms with van der Waals surface area (Å²) in [5, 5.41) is 0. The number of ketones is 1. The number of aryl methyl sites for hydroxylation is 1. The highest BCUT2D eigenvalue weighted by Gasteiger charge is 2.26. The van der Waals surface area contributed by atoms with Gasteiger partial charge in [-0.15, -0.1) is 0 Å². The van der Waals surface area contributed by atoms with E-state index >= 15 is 0 Å². The average Bonchev–Trinajstić information content (AvgIpc) is 2.86. The number of hydrogen-bond acceptors (Lipinski definition) is 5. The van der Waals surface area contributed by atoms with Crippen LogP contribution in [0.5, 0.6) is 17.2 Å². The average molecular weight is 436 g/mol. The number of benzene rings is 2. The summed E-state index contributed by atoms with van der Waals surface area (Å²) >= 11 is 0. The van der Waals surface area contributed by atoms with Crippen LogP contribution >= 0.6 is 0 Å². The molecule has 0 saturated carbocycles. The van der Waals surface area contributed by atoms with Gasteiger partial charge >= 0.3 is 0 Å². The summed E-state index contributed by atoms with van der Waals surface area (Å²) in [5.74, 6) is 2.50. The van der Waals surface area contributed by atoms with Crippen molar-refractivity contribution in [3.8, 4) is 17.2 Å². The number of hydrogen-bond donors (Lipinski definition) is 0. The first-order chi connectivity index (χ1) is 15.7. The molecule has 0 atom stereocenters. The fourth-order valence-corrected chi connectivity index (χ4v) is 4.62. The third kappa shape index (κ3) is 5.33. The lowest BCUT2D eigenvalue weighted by Gasteiger charge is -2.31. The fourth-order valence-electron chi connectivity index (χ4n) is 4.62. The Morgan fingerprint density at radius 3 is 2.62 bits per heavy atom. The summed E-state index contributed by atoms with van der Waals surface area (Å²) in [4.78, 5) is 15.4. The van der Waals surface area contributed by atoms with Crippen molar-refractivity contribution < 1.29 is 19.0 Å². The Kier molecular flexibility index (Phi) is 7.48. The van der Waals surface area contributed by atoms with Gasteiger partial charge in [0.2, 0.25) is 0 Å². The molecule has 0 radical (unpaired) electrons. The van der Waals surface area contributed by atoms with E-state index in [4.69, 9.17) is 14.2 Å². The van der Waals surface area contributed by atoms with Crippen LogP contribution < -0.4 is 14.2 Å². The number of fused-ring (bicyclic) bond motifs is 1. The highest BCUT2D eigenvalue weighted by atomic mass is 16.5. The van der Waals surface area contributed by atoms with Gasteiger partial charge in [0.1, 0.15) is 5.75 Å². The van der Waals surface area contributed by atoms with Crippen LogP contribution in [-0.2, 0) is 6.42 Å². The molecule has 0 bridgehead atoms. The number of likely N-dealkylation sites (tertiary alicyclic amines) is 1. The Bertz CT molecular complexity index is 960. The number of carbonyl (C=O) groups is 1. The number of carbonyl (C=O) groups excluding carboxylic acids is 1. The van der Waals surface area contributed by atoms with E-state index in [1.54, 1.807) is 26.4 Å². The number of rotatable bonds is 9. The Morgan fingerprint density at radius 2 is 1.84 bits per heavy atom. The van der Waals surface area contributed by atoms with Gasteiger partial charge < -0.3 is 19.1 Å². The molecule has 0 spiro atoms. The van der Waals surface area contributed by atoms with Gasteiger partial charge in [0.25, 0.3) is 0 Å². The van der Waals surface area contributed by atoms with Crippen molar-refractivity contribution in [2.75, 3.05) is 40.5 Å². The number of ether oxygens (including phenoxy) is 3. The Morgan fingerprint density at radius 1 is 1.03 bits per heavy atom. The SMILES string of the molecule is COc1ccc(C(=O)C2CCN(CCCOc3ccc4c(c3)CCC=C4)CC2)cc1OC. The maximum absolute atomic E-state index is 13.0. The van der Waals surface area contributed by atoms with Crippen LogP contribution in [0.3, 0.4) is 0 Å². The van der Waals surface area contributed by atoms with Gasteiger partial charge in [0.15, 0.2) is 17.3 Å². The molecule has 4 rings (SSSR count). The lowest BCUT2D eigenvalue weighted by Crippen LogP contribution is -2.37. The van der Waals surface area contributed by atoms with E-state index in [0.717, 1.165) is 64.1 Å². The van der Waals surface area contributed by atoms with Crippen molar-refractivity contribution in [3.63, 3.8) is 0 Å². The zero-order valence-electron chi connectivity index (χ0n) is 19.1. The van der Waals surface area contributed by atoms with Crippen molar-refractivity contribution in [3.05, 3.63) is 59.2 Å². The fraction of sp³-hybridized carbons (Fsp3) is 0.444. The van der Waals surface area contributed by atoms with E-state index in [-0.39, 0.29) is 11.7 Å². The van der Waals surface area contributed by atoms with Gasteiger partial charge in [-0.1, -0.05) is 18.2 Å². The first kappa shape index (κ1) is 22.4. The topological polar surface area (TPSA) is 48.0 Å². The lowest BCUT2D eigenvalue weighted by atomic mass is 9.88. The van der Waals surface area contributed by atoms with Gasteiger partial charge in [0, 0.05) is 18.0 Å². The second kappa shape index (κ2) is 10.7. The van der Waals surface area contributed by atoms with E-state index in [1.807, 2.05) is 6.07 Å². The van der Waals surface area contributed by atoms with E-state index < -0.39 is 0 Å². The highest BCUT2D eigenvalue weighted by Crippen LogP contribution is 2.30. The van der Waals surface area contributed by atoms with Crippen molar-refractivity contribution in [2.45, 2.75) is 32.1 Å². The van der Waals surface area contributed by atoms with Gasteiger partial charge in [0.05, 0.1) is 20.8 Å². The Hall–Kier alpha value is -2.79. The van der Waals surface area contributed by atoms with E-state index in [1.165, 1.54) is 11.1 Å². The van der Waals surface area contributed by atoms with Crippen LogP contribution in [0.4, 0.5) is 0 Å². The predicted octanol–water partition coefficient (Wildman–Crippen LogP) is 5.03. The normalized spacial score (nSPS) is 16.4. The predicted molar refractivity (Wildman–Crippen MR) is 127 cm³/mol. The monoisotopic (exact) mass is 435 g/mol. The maximum atomic E-state index is 13.0. The smallest absolute Gasteiger partial charge is 0.166 e. The van der Waals surface area contributed by atoms with E-state index in [0.29, 0.717) is 17.1 Å². The molecule has 1 fully saturated rings. The summed E-state index contributed by atoms with van der Waals surface area (Å²) in [6.45, 7) is 3.63. The zero-order chi connectivity index (χ0) is 22.3. The van der Waals surface area contributed by atoms with Crippen LogP contribution in [0, 0.1) is 5.92 Å². The molecule has 1 aliphatic carbocycles. The summed E-state index contributed by atoms with van der Waals surface area (Å²) in [6.07, 6.45) is 9.42. The van der Waals surface area contributed by atoms with Crippen molar-refractivity contribution in [2.24, 2.45) is 5.92 Å². The number of methoxy groups -OCH3 is 2. The molecule has 2 aromatic rings. The second-order valence-corrected chi connectivity index (χ2v) is 8.55. The summed E-state index contributed by atoms with van der Waals surface area (Å²) in [7, 11) is 3.20. The zero-order valence-corrected chi connectivity index (χ0v) is 19.1. The first-order valence-corrected chi connectivity index (χ1v) is 11.6. The number of allylic oxidation sites excluding steroid dienone is 1. The third-order valence-electron chi connectivity index (χ3n) is 6.51. The van der Waals surface area contributed by atoms with E-state index in [9.17, 15) is 4.79 Å². The molecule has 32 heavy (non-hydrogen) atoms. The summed E-state index contributed by atoms with van der Waals surface area (Å²) < 4.78 is 16.6. The summed E-state index contributed by atoms with van der Waals surface area (Å²) in [6, 6.07) is 11.8. The molecule has 0 N–H and O–H groups in total. The van der Waals surface area contributed by atoms with Crippen LogP contribution in [0.15, 0.2) is 42.5 Å². The molecule has 5 heteroatoms. The number of piperidine rings is 1. The third-order valence-corrected chi connectivity index (χ3v) is 6.51.